The molecule has 1 atom stereocenters. The summed E-state index contributed by atoms with van der Waals surface area (Å²) in [5.74, 6) is -0.381. The summed E-state index contributed by atoms with van der Waals surface area (Å²) in [7, 11) is 0. The third kappa shape index (κ3) is 3.24. The maximum atomic E-state index is 11.6. The lowest BCUT2D eigenvalue weighted by Gasteiger charge is -2.14. The molecule has 0 amide bonds. The average Bonchev–Trinajstić information content (AvgIpc) is 2.30. The number of hydrogen-bond donors (Lipinski definition) is 2. The third-order valence-corrected chi connectivity index (χ3v) is 2.13. The molecule has 0 radical (unpaired) electrons. The Labute approximate surface area is 95.2 Å². The number of benzene rings is 1. The zero-order valence-electron chi connectivity index (χ0n) is 9.56. The Bertz CT molecular complexity index is 352. The molecule has 2 N–H and O–H groups in total. The van der Waals surface area contributed by atoms with E-state index in [1.54, 1.807) is 31.2 Å². The third-order valence-electron chi connectivity index (χ3n) is 2.13. The van der Waals surface area contributed by atoms with Crippen LogP contribution in [0, 0.1) is 0 Å². The number of aliphatic hydroxyl groups is 1. The van der Waals surface area contributed by atoms with Gasteiger partial charge in [-0.25, -0.2) is 4.79 Å². The molecule has 4 nitrogen and oxygen atoms in total. The number of carbonyl (C=O) groups excluding carboxylic acids is 1. The van der Waals surface area contributed by atoms with Crippen LogP contribution in [-0.4, -0.2) is 23.9 Å². The Morgan fingerprint density at radius 1 is 1.44 bits per heavy atom. The second-order valence-corrected chi connectivity index (χ2v) is 3.33. The van der Waals surface area contributed by atoms with Gasteiger partial charge in [-0.3, -0.25) is 0 Å². The lowest BCUT2D eigenvalue weighted by Crippen LogP contribution is -2.19. The number of esters is 1. The molecule has 1 aromatic rings. The van der Waals surface area contributed by atoms with Crippen molar-refractivity contribution in [2.75, 3.05) is 11.9 Å². The minimum absolute atomic E-state index is 0.337. The molecule has 4 heteroatoms. The van der Waals surface area contributed by atoms with Crippen molar-refractivity contribution >= 4 is 11.7 Å². The molecular weight excluding hydrogens is 206 g/mol. The fraction of sp³-hybridized carbons (Fsp3) is 0.417. The molecule has 0 aromatic heterocycles. The molecule has 1 unspecified atom stereocenters. The molecule has 0 saturated heterocycles. The van der Waals surface area contributed by atoms with Gasteiger partial charge in [-0.2, -0.15) is 0 Å². The normalized spacial score (nSPS) is 11.9. The van der Waals surface area contributed by atoms with Gasteiger partial charge in [0.15, 0.2) is 0 Å². The second-order valence-electron chi connectivity index (χ2n) is 3.33. The van der Waals surface area contributed by atoms with Crippen LogP contribution in [0.25, 0.3) is 0 Å². The van der Waals surface area contributed by atoms with Crippen LogP contribution in [-0.2, 0) is 4.74 Å². The van der Waals surface area contributed by atoms with Crippen LogP contribution in [0.5, 0.6) is 0 Å². The molecule has 1 rings (SSSR count). The van der Waals surface area contributed by atoms with E-state index < -0.39 is 6.23 Å². The van der Waals surface area contributed by atoms with Gasteiger partial charge in [0.1, 0.15) is 6.23 Å². The minimum atomic E-state index is -0.657. The van der Waals surface area contributed by atoms with E-state index in [4.69, 9.17) is 4.74 Å². The summed E-state index contributed by atoms with van der Waals surface area (Å²) in [5.41, 5.74) is 1.03. The van der Waals surface area contributed by atoms with Gasteiger partial charge >= 0.3 is 5.97 Å². The molecule has 88 valence electrons. The van der Waals surface area contributed by atoms with Gasteiger partial charge < -0.3 is 15.2 Å². The highest BCUT2D eigenvalue weighted by Crippen LogP contribution is 2.17. The summed E-state index contributed by atoms with van der Waals surface area (Å²) in [6, 6.07) is 6.97. The topological polar surface area (TPSA) is 58.6 Å². The summed E-state index contributed by atoms with van der Waals surface area (Å²) < 4.78 is 4.92. The minimum Gasteiger partial charge on any atom is -0.462 e. The van der Waals surface area contributed by atoms with Crippen molar-refractivity contribution in [1.82, 2.24) is 0 Å². The Morgan fingerprint density at radius 3 is 2.75 bits per heavy atom. The lowest BCUT2D eigenvalue weighted by atomic mass is 10.1. The van der Waals surface area contributed by atoms with E-state index >= 15 is 0 Å². The number of hydrogen-bond acceptors (Lipinski definition) is 4. The van der Waals surface area contributed by atoms with Gasteiger partial charge in [-0.15, -0.1) is 0 Å². The summed E-state index contributed by atoms with van der Waals surface area (Å²) in [4.78, 5) is 11.6. The quantitative estimate of drug-likeness (QED) is 0.592. The van der Waals surface area contributed by atoms with E-state index in [1.807, 2.05) is 6.92 Å². The summed E-state index contributed by atoms with van der Waals surface area (Å²) >= 11 is 0. The van der Waals surface area contributed by atoms with Crippen LogP contribution in [0.1, 0.15) is 30.6 Å². The molecule has 0 spiro atoms. The zero-order chi connectivity index (χ0) is 12.0. The van der Waals surface area contributed by atoms with Crippen LogP contribution in [0.4, 0.5) is 5.69 Å². The lowest BCUT2D eigenvalue weighted by molar-refractivity contribution is 0.0527. The van der Waals surface area contributed by atoms with Gasteiger partial charge in [-0.1, -0.05) is 19.1 Å². The number of rotatable bonds is 5. The number of carbonyl (C=O) groups is 1. The molecule has 0 bridgehead atoms. The number of aliphatic hydroxyl groups excluding tert-OH is 1. The fourth-order valence-corrected chi connectivity index (χ4v) is 1.28. The van der Waals surface area contributed by atoms with Crippen LogP contribution in [0.2, 0.25) is 0 Å². The highest BCUT2D eigenvalue weighted by Gasteiger charge is 2.12. The summed E-state index contributed by atoms with van der Waals surface area (Å²) in [6.07, 6.45) is -0.0902. The van der Waals surface area contributed by atoms with Gasteiger partial charge in [0.2, 0.25) is 0 Å². The van der Waals surface area contributed by atoms with Crippen molar-refractivity contribution in [3.63, 3.8) is 0 Å². The Hall–Kier alpha value is -1.55. The van der Waals surface area contributed by atoms with Crippen LogP contribution >= 0.6 is 0 Å². The van der Waals surface area contributed by atoms with E-state index in [2.05, 4.69) is 5.32 Å². The van der Waals surface area contributed by atoms with Crippen molar-refractivity contribution in [1.29, 1.82) is 0 Å². The monoisotopic (exact) mass is 223 g/mol. The highest BCUT2D eigenvalue weighted by atomic mass is 16.5. The van der Waals surface area contributed by atoms with Crippen LogP contribution < -0.4 is 5.32 Å². The predicted molar refractivity (Wildman–Crippen MR) is 62.3 cm³/mol. The number of ether oxygens (including phenoxy) is 1. The van der Waals surface area contributed by atoms with Gasteiger partial charge in [-0.05, 0) is 25.5 Å². The Morgan fingerprint density at radius 2 is 2.12 bits per heavy atom. The molecule has 0 fully saturated rings. The SMILES string of the molecule is CCOC(=O)c1ccccc1NC(O)CC. The molecular formula is C12H17NO3. The van der Waals surface area contributed by atoms with Crippen molar-refractivity contribution in [3.8, 4) is 0 Å². The maximum Gasteiger partial charge on any atom is 0.340 e. The largest absolute Gasteiger partial charge is 0.462 e. The summed E-state index contributed by atoms with van der Waals surface area (Å²) in [6.45, 7) is 3.95. The number of nitrogens with one attached hydrogen (secondary N) is 1. The van der Waals surface area contributed by atoms with Crippen molar-refractivity contribution in [2.24, 2.45) is 0 Å². The van der Waals surface area contributed by atoms with Crippen molar-refractivity contribution in [3.05, 3.63) is 29.8 Å². The van der Waals surface area contributed by atoms with Gasteiger partial charge in [0, 0.05) is 0 Å². The van der Waals surface area contributed by atoms with E-state index in [-0.39, 0.29) is 5.97 Å². The predicted octanol–water partition coefficient (Wildman–Crippen LogP) is 2.00. The summed E-state index contributed by atoms with van der Waals surface area (Å²) in [5, 5.41) is 12.3. The molecule has 0 aliphatic heterocycles. The maximum absolute atomic E-state index is 11.6. The van der Waals surface area contributed by atoms with E-state index in [9.17, 15) is 9.90 Å². The molecule has 0 aliphatic carbocycles. The first-order valence-corrected chi connectivity index (χ1v) is 5.39. The number of anilines is 1. The van der Waals surface area contributed by atoms with Gasteiger partial charge in [0.05, 0.1) is 17.9 Å². The molecule has 16 heavy (non-hydrogen) atoms. The Kier molecular flexibility index (Phi) is 4.79. The van der Waals surface area contributed by atoms with Gasteiger partial charge in [0.25, 0.3) is 0 Å². The highest BCUT2D eigenvalue weighted by molar-refractivity contribution is 5.95. The fourth-order valence-electron chi connectivity index (χ4n) is 1.28. The number of para-hydroxylation sites is 1. The first kappa shape index (κ1) is 12.5. The first-order valence-electron chi connectivity index (χ1n) is 5.39. The van der Waals surface area contributed by atoms with E-state index in [1.165, 1.54) is 0 Å². The van der Waals surface area contributed by atoms with E-state index in [0.29, 0.717) is 24.3 Å². The molecule has 0 aliphatic rings. The standard InChI is InChI=1S/C12H17NO3/c1-3-11(14)13-10-8-6-5-7-9(10)12(15)16-4-2/h5-8,11,13-14H,3-4H2,1-2H3. The average molecular weight is 223 g/mol. The first-order chi connectivity index (χ1) is 7.69. The molecule has 0 heterocycles. The molecule has 1 aromatic carbocycles. The second kappa shape index (κ2) is 6.12. The van der Waals surface area contributed by atoms with Crippen LogP contribution in [0.3, 0.4) is 0 Å². The smallest absolute Gasteiger partial charge is 0.340 e. The Balaban J connectivity index is 2.87. The van der Waals surface area contributed by atoms with Crippen molar-refractivity contribution in [2.45, 2.75) is 26.5 Å². The zero-order valence-corrected chi connectivity index (χ0v) is 9.56. The van der Waals surface area contributed by atoms with Crippen LogP contribution in [0.15, 0.2) is 24.3 Å². The van der Waals surface area contributed by atoms with E-state index in [0.717, 1.165) is 0 Å². The van der Waals surface area contributed by atoms with Crippen molar-refractivity contribution < 1.29 is 14.6 Å². The molecule has 0 saturated carbocycles.